The van der Waals surface area contributed by atoms with Crippen molar-refractivity contribution in [2.24, 2.45) is 0 Å². The lowest BCUT2D eigenvalue weighted by Crippen LogP contribution is -2.31. The number of amides is 1. The van der Waals surface area contributed by atoms with E-state index in [0.29, 0.717) is 35.2 Å². The van der Waals surface area contributed by atoms with Crippen molar-refractivity contribution in [1.82, 2.24) is 9.88 Å². The van der Waals surface area contributed by atoms with E-state index in [1.54, 1.807) is 19.1 Å². The Morgan fingerprint density at radius 2 is 1.93 bits per heavy atom. The third-order valence-corrected chi connectivity index (χ3v) is 5.27. The van der Waals surface area contributed by atoms with E-state index >= 15 is 0 Å². The van der Waals surface area contributed by atoms with Gasteiger partial charge in [-0.25, -0.2) is 4.98 Å². The average Bonchev–Trinajstić information content (AvgIpc) is 2.69. The monoisotopic (exact) mass is 399 g/mol. The molecule has 6 nitrogen and oxygen atoms in total. The second-order valence-electron chi connectivity index (χ2n) is 6.26. The minimum Gasteiger partial charge on any atom is -0.493 e. The summed E-state index contributed by atoms with van der Waals surface area (Å²) >= 11 is 1.31. The zero-order chi connectivity index (χ0) is 20.7. The molecule has 0 aliphatic rings. The lowest BCUT2D eigenvalue weighted by atomic mass is 10.1. The number of pyridine rings is 1. The molecule has 0 spiro atoms. The van der Waals surface area contributed by atoms with Gasteiger partial charge in [-0.3, -0.25) is 4.79 Å². The number of nitriles is 1. The fraction of sp³-hybridized carbons (Fsp3) is 0.381. The Kier molecular flexibility index (Phi) is 7.70. The summed E-state index contributed by atoms with van der Waals surface area (Å²) in [4.78, 5) is 18.9. The fourth-order valence-electron chi connectivity index (χ4n) is 2.84. The van der Waals surface area contributed by atoms with Gasteiger partial charge in [0, 0.05) is 18.8 Å². The largest absolute Gasteiger partial charge is 0.493 e. The van der Waals surface area contributed by atoms with E-state index in [0.717, 1.165) is 16.8 Å². The van der Waals surface area contributed by atoms with Gasteiger partial charge in [0.1, 0.15) is 11.1 Å². The van der Waals surface area contributed by atoms with E-state index in [1.165, 1.54) is 11.8 Å². The molecule has 1 amide bonds. The minimum absolute atomic E-state index is 0.00728. The van der Waals surface area contributed by atoms with Gasteiger partial charge in [0.15, 0.2) is 11.5 Å². The first-order valence-corrected chi connectivity index (χ1v) is 9.91. The van der Waals surface area contributed by atoms with Crippen LogP contribution in [0.2, 0.25) is 0 Å². The molecule has 0 saturated heterocycles. The molecule has 0 atom stereocenters. The van der Waals surface area contributed by atoms with Crippen molar-refractivity contribution >= 4 is 17.7 Å². The van der Waals surface area contributed by atoms with Crippen LogP contribution in [0.15, 0.2) is 29.3 Å². The average molecular weight is 400 g/mol. The second kappa shape index (κ2) is 10.00. The predicted molar refractivity (Wildman–Crippen MR) is 110 cm³/mol. The van der Waals surface area contributed by atoms with E-state index in [2.05, 4.69) is 11.1 Å². The van der Waals surface area contributed by atoms with Crippen LogP contribution in [0.25, 0.3) is 0 Å². The van der Waals surface area contributed by atoms with E-state index in [-0.39, 0.29) is 11.7 Å². The van der Waals surface area contributed by atoms with E-state index < -0.39 is 0 Å². The van der Waals surface area contributed by atoms with Crippen molar-refractivity contribution in [1.29, 1.82) is 5.26 Å². The van der Waals surface area contributed by atoms with E-state index in [4.69, 9.17) is 9.47 Å². The van der Waals surface area contributed by atoms with Gasteiger partial charge in [-0.05, 0) is 50.1 Å². The van der Waals surface area contributed by atoms with Crippen LogP contribution in [-0.2, 0) is 11.3 Å². The van der Waals surface area contributed by atoms with Crippen LogP contribution >= 0.6 is 11.8 Å². The molecular weight excluding hydrogens is 374 g/mol. The smallest absolute Gasteiger partial charge is 0.233 e. The molecule has 1 aromatic heterocycles. The molecule has 148 valence electrons. The Balaban J connectivity index is 2.10. The Bertz CT molecular complexity index is 893. The molecule has 0 aliphatic heterocycles. The van der Waals surface area contributed by atoms with Gasteiger partial charge in [0.05, 0.1) is 25.5 Å². The van der Waals surface area contributed by atoms with Gasteiger partial charge in [-0.15, -0.1) is 0 Å². The lowest BCUT2D eigenvalue weighted by Gasteiger charge is -2.21. The molecule has 0 radical (unpaired) electrons. The van der Waals surface area contributed by atoms with Crippen LogP contribution in [0.5, 0.6) is 11.5 Å². The number of thioether (sulfide) groups is 1. The van der Waals surface area contributed by atoms with Gasteiger partial charge in [-0.1, -0.05) is 17.8 Å². The second-order valence-corrected chi connectivity index (χ2v) is 7.22. The van der Waals surface area contributed by atoms with Crippen LogP contribution in [0.4, 0.5) is 0 Å². The number of hydrogen-bond donors (Lipinski definition) is 0. The fourth-order valence-corrected chi connectivity index (χ4v) is 3.84. The molecule has 0 bridgehead atoms. The molecule has 2 aromatic rings. The quantitative estimate of drug-likeness (QED) is 0.630. The maximum Gasteiger partial charge on any atom is 0.233 e. The van der Waals surface area contributed by atoms with Crippen molar-refractivity contribution in [3.63, 3.8) is 0 Å². The summed E-state index contributed by atoms with van der Waals surface area (Å²) in [5.74, 6) is 1.51. The van der Waals surface area contributed by atoms with Crippen molar-refractivity contribution in [3.05, 3.63) is 46.6 Å². The summed E-state index contributed by atoms with van der Waals surface area (Å²) in [6.07, 6.45) is 0. The zero-order valence-electron chi connectivity index (χ0n) is 16.9. The maximum absolute atomic E-state index is 12.7. The van der Waals surface area contributed by atoms with Crippen LogP contribution in [0, 0.1) is 25.2 Å². The van der Waals surface area contributed by atoms with E-state index in [1.807, 2.05) is 45.0 Å². The third kappa shape index (κ3) is 5.17. The Hall–Kier alpha value is -2.72. The van der Waals surface area contributed by atoms with Crippen molar-refractivity contribution < 1.29 is 14.3 Å². The van der Waals surface area contributed by atoms with Crippen molar-refractivity contribution in [2.75, 3.05) is 26.5 Å². The van der Waals surface area contributed by atoms with E-state index in [9.17, 15) is 10.1 Å². The molecule has 1 aromatic carbocycles. The highest BCUT2D eigenvalue weighted by Gasteiger charge is 2.16. The standard InChI is InChI=1S/C21H25N3O3S/c1-6-24(12-16-7-8-18(26-4)19(10-16)27-5)20(25)13-28-21-17(11-22)14(2)9-15(3)23-21/h7-10H,6,12-13H2,1-5H3. The number of aryl methyl sites for hydroxylation is 2. The Morgan fingerprint density at radius 1 is 1.21 bits per heavy atom. The number of aromatic nitrogens is 1. The highest BCUT2D eigenvalue weighted by molar-refractivity contribution is 8.00. The highest BCUT2D eigenvalue weighted by Crippen LogP contribution is 2.28. The first kappa shape index (κ1) is 21.6. The molecule has 1 heterocycles. The molecule has 7 heteroatoms. The number of rotatable bonds is 8. The summed E-state index contributed by atoms with van der Waals surface area (Å²) in [7, 11) is 3.18. The molecule has 0 unspecified atom stereocenters. The van der Waals surface area contributed by atoms with Gasteiger partial charge in [-0.2, -0.15) is 5.26 Å². The normalized spacial score (nSPS) is 10.3. The number of nitrogens with zero attached hydrogens (tertiary/aromatic N) is 3. The van der Waals surface area contributed by atoms with Gasteiger partial charge in [0.2, 0.25) is 5.91 Å². The highest BCUT2D eigenvalue weighted by atomic mass is 32.2. The summed E-state index contributed by atoms with van der Waals surface area (Å²) in [6.45, 7) is 6.77. The minimum atomic E-state index is -0.00728. The number of carbonyl (C=O) groups is 1. The SMILES string of the molecule is CCN(Cc1ccc(OC)c(OC)c1)C(=O)CSc1nc(C)cc(C)c1C#N. The summed E-state index contributed by atoms with van der Waals surface area (Å²) in [5.41, 5.74) is 3.21. The molecule has 0 aliphatic carbocycles. The Labute approximate surface area is 170 Å². The van der Waals surface area contributed by atoms with Crippen LogP contribution < -0.4 is 9.47 Å². The Morgan fingerprint density at radius 3 is 2.54 bits per heavy atom. The third-order valence-electron chi connectivity index (χ3n) is 4.31. The number of benzene rings is 1. The lowest BCUT2D eigenvalue weighted by molar-refractivity contribution is -0.128. The van der Waals surface area contributed by atoms with Crippen LogP contribution in [0.1, 0.15) is 29.3 Å². The molecule has 2 rings (SSSR count). The van der Waals surface area contributed by atoms with Gasteiger partial charge in [0.25, 0.3) is 0 Å². The number of methoxy groups -OCH3 is 2. The first-order chi connectivity index (χ1) is 13.4. The predicted octanol–water partition coefficient (Wildman–Crippen LogP) is 3.73. The van der Waals surface area contributed by atoms with Crippen molar-refractivity contribution in [3.8, 4) is 17.6 Å². The number of carbonyl (C=O) groups excluding carboxylic acids is 1. The van der Waals surface area contributed by atoms with Gasteiger partial charge >= 0.3 is 0 Å². The summed E-state index contributed by atoms with van der Waals surface area (Å²) in [5, 5.41) is 9.98. The molecule has 0 saturated carbocycles. The summed E-state index contributed by atoms with van der Waals surface area (Å²) < 4.78 is 10.6. The number of ether oxygens (including phenoxy) is 2. The molecule has 0 N–H and O–H groups in total. The molecule has 28 heavy (non-hydrogen) atoms. The zero-order valence-corrected chi connectivity index (χ0v) is 17.7. The van der Waals surface area contributed by atoms with Crippen molar-refractivity contribution in [2.45, 2.75) is 32.3 Å². The molecule has 0 fully saturated rings. The van der Waals surface area contributed by atoms with Crippen LogP contribution in [0.3, 0.4) is 0 Å². The summed E-state index contributed by atoms with van der Waals surface area (Å²) in [6, 6.07) is 9.69. The number of hydrogen-bond acceptors (Lipinski definition) is 6. The maximum atomic E-state index is 12.7. The molecular formula is C21H25N3O3S. The van der Waals surface area contributed by atoms with Crippen LogP contribution in [-0.4, -0.2) is 42.3 Å². The van der Waals surface area contributed by atoms with Gasteiger partial charge < -0.3 is 14.4 Å². The first-order valence-electron chi connectivity index (χ1n) is 8.93. The topological polar surface area (TPSA) is 75.5 Å².